The summed E-state index contributed by atoms with van der Waals surface area (Å²) in [5, 5.41) is 18.5. The van der Waals surface area contributed by atoms with E-state index in [4.69, 9.17) is 0 Å². The van der Waals surface area contributed by atoms with Crippen LogP contribution in [0.1, 0.15) is 12.8 Å². The molecule has 4 heterocycles. The molecular weight excluding hydrogens is 350 g/mol. The second-order valence-electron chi connectivity index (χ2n) is 5.68. The van der Waals surface area contributed by atoms with Crippen molar-refractivity contribution in [3.63, 3.8) is 0 Å². The summed E-state index contributed by atoms with van der Waals surface area (Å²) in [7, 11) is 0. The molecule has 24 heavy (non-hydrogen) atoms. The van der Waals surface area contributed by atoms with E-state index in [1.165, 1.54) is 28.0 Å². The highest BCUT2D eigenvalue weighted by Crippen LogP contribution is 2.44. The third-order valence-corrected chi connectivity index (χ3v) is 6.07. The molecule has 0 aromatic carbocycles. The lowest BCUT2D eigenvalue weighted by molar-refractivity contribution is -0.147. The van der Waals surface area contributed by atoms with Crippen LogP contribution in [-0.4, -0.2) is 57.2 Å². The van der Waals surface area contributed by atoms with Crippen LogP contribution in [0.25, 0.3) is 0 Å². The van der Waals surface area contributed by atoms with Gasteiger partial charge in [-0.15, -0.1) is 23.1 Å². The van der Waals surface area contributed by atoms with Crippen molar-refractivity contribution < 1.29 is 14.7 Å². The minimum atomic E-state index is -1.02. The quantitative estimate of drug-likeness (QED) is 0.681. The van der Waals surface area contributed by atoms with Crippen molar-refractivity contribution in [3.8, 4) is 0 Å². The first-order valence-corrected chi connectivity index (χ1v) is 9.27. The van der Waals surface area contributed by atoms with E-state index >= 15 is 0 Å². The standard InChI is InChI=1S/C14H15N5O3S2/c20-10-4-7-3-9(11(12(21)22)19(7)10)24-8-5-16-13(17-6-8)18-14-15-1-2-23-14/h1-2,7-8H,3-6H2,(H,21,22)(H2,15,16,17,18). The Morgan fingerprint density at radius 1 is 1.50 bits per heavy atom. The Morgan fingerprint density at radius 3 is 3.00 bits per heavy atom. The lowest BCUT2D eigenvalue weighted by Gasteiger charge is -2.34. The molecule has 3 aliphatic heterocycles. The number of fused-ring (bicyclic) bond motifs is 1. The number of rotatable bonds is 4. The molecule has 0 bridgehead atoms. The van der Waals surface area contributed by atoms with Gasteiger partial charge in [-0.2, -0.15) is 0 Å². The minimum Gasteiger partial charge on any atom is -0.477 e. The second kappa shape index (κ2) is 6.10. The summed E-state index contributed by atoms with van der Waals surface area (Å²) in [6.45, 7) is 1.26. The number of thiazole rings is 1. The Hall–Kier alpha value is -2.07. The maximum atomic E-state index is 11.6. The van der Waals surface area contributed by atoms with Crippen LogP contribution in [0.4, 0.5) is 5.13 Å². The molecule has 1 saturated heterocycles. The summed E-state index contributed by atoms with van der Waals surface area (Å²) in [5.41, 5.74) is 0.164. The molecule has 2 atom stereocenters. The van der Waals surface area contributed by atoms with E-state index in [1.54, 1.807) is 6.20 Å². The van der Waals surface area contributed by atoms with Crippen LogP contribution in [0.5, 0.6) is 0 Å². The van der Waals surface area contributed by atoms with Gasteiger partial charge in [0.1, 0.15) is 5.70 Å². The molecule has 126 valence electrons. The number of aliphatic imine (C=N–C) groups is 1. The number of carbonyl (C=O) groups excluding carboxylic acids is 1. The van der Waals surface area contributed by atoms with E-state index < -0.39 is 5.97 Å². The number of guanidine groups is 1. The number of aromatic nitrogens is 1. The predicted molar refractivity (Wildman–Crippen MR) is 92.0 cm³/mol. The summed E-state index contributed by atoms with van der Waals surface area (Å²) in [6, 6.07) is 0.0354. The number of thioether (sulfide) groups is 1. The molecule has 0 aliphatic carbocycles. The molecule has 3 N–H and O–H groups in total. The van der Waals surface area contributed by atoms with Gasteiger partial charge in [-0.1, -0.05) is 0 Å². The Bertz CT molecular complexity index is 746. The number of amides is 1. The molecule has 8 nitrogen and oxygen atoms in total. The zero-order valence-corrected chi connectivity index (χ0v) is 14.2. The highest BCUT2D eigenvalue weighted by Gasteiger charge is 2.48. The third-order valence-electron chi connectivity index (χ3n) is 4.09. The van der Waals surface area contributed by atoms with E-state index in [0.717, 1.165) is 10.0 Å². The fraction of sp³-hybridized carbons (Fsp3) is 0.429. The van der Waals surface area contributed by atoms with E-state index in [-0.39, 0.29) is 22.9 Å². The van der Waals surface area contributed by atoms with Crippen LogP contribution >= 0.6 is 23.1 Å². The molecular formula is C14H15N5O3S2. The molecule has 2 unspecified atom stereocenters. The molecule has 1 amide bonds. The molecule has 0 radical (unpaired) electrons. The van der Waals surface area contributed by atoms with Crippen LogP contribution in [0.2, 0.25) is 0 Å². The van der Waals surface area contributed by atoms with Crippen molar-refractivity contribution in [2.45, 2.75) is 24.1 Å². The number of carboxylic acid groups (broad SMARTS) is 1. The van der Waals surface area contributed by atoms with Gasteiger partial charge in [0.05, 0.1) is 12.6 Å². The van der Waals surface area contributed by atoms with Crippen molar-refractivity contribution in [3.05, 3.63) is 22.2 Å². The highest BCUT2D eigenvalue weighted by atomic mass is 32.2. The number of β-lactam (4-membered cyclic amide) rings is 1. The molecule has 10 heteroatoms. The zero-order valence-electron chi connectivity index (χ0n) is 12.6. The monoisotopic (exact) mass is 365 g/mol. The lowest BCUT2D eigenvalue weighted by atomic mass is 10.0. The van der Waals surface area contributed by atoms with E-state index in [0.29, 0.717) is 31.9 Å². The highest BCUT2D eigenvalue weighted by molar-refractivity contribution is 8.03. The number of aliphatic carboxylic acids is 1. The van der Waals surface area contributed by atoms with Gasteiger partial charge in [0.15, 0.2) is 11.1 Å². The Balaban J connectivity index is 1.41. The van der Waals surface area contributed by atoms with Crippen LogP contribution in [0.3, 0.4) is 0 Å². The largest absolute Gasteiger partial charge is 0.477 e. The van der Waals surface area contributed by atoms with E-state index in [9.17, 15) is 14.7 Å². The van der Waals surface area contributed by atoms with Gasteiger partial charge in [0.25, 0.3) is 0 Å². The first-order chi connectivity index (χ1) is 11.6. The third kappa shape index (κ3) is 2.75. The first-order valence-electron chi connectivity index (χ1n) is 7.52. The van der Waals surface area contributed by atoms with E-state index in [2.05, 4.69) is 20.6 Å². The summed E-state index contributed by atoms with van der Waals surface area (Å²) >= 11 is 3.01. The smallest absolute Gasteiger partial charge is 0.353 e. The van der Waals surface area contributed by atoms with Gasteiger partial charge >= 0.3 is 5.97 Å². The number of anilines is 1. The molecule has 0 saturated carbocycles. The van der Waals surface area contributed by atoms with Gasteiger partial charge in [-0.05, 0) is 0 Å². The number of carboxylic acids is 1. The number of hydrogen-bond acceptors (Lipinski definition) is 8. The fourth-order valence-electron chi connectivity index (χ4n) is 3.00. The normalized spacial score (nSPS) is 25.8. The van der Waals surface area contributed by atoms with Crippen molar-refractivity contribution in [2.24, 2.45) is 4.99 Å². The SMILES string of the molecule is O=C(O)C1=C(SC2CN=C(Nc3nccs3)NC2)CC2CC(=O)N12. The Kier molecular flexibility index (Phi) is 3.93. The number of nitrogens with zero attached hydrogens (tertiary/aromatic N) is 3. The van der Waals surface area contributed by atoms with Gasteiger partial charge < -0.3 is 20.6 Å². The van der Waals surface area contributed by atoms with Gasteiger partial charge in [-0.25, -0.2) is 9.78 Å². The number of hydrogen-bond donors (Lipinski definition) is 3. The summed E-state index contributed by atoms with van der Waals surface area (Å²) < 4.78 is 0. The van der Waals surface area contributed by atoms with Crippen molar-refractivity contribution in [1.82, 2.24) is 15.2 Å². The molecule has 1 aromatic rings. The van der Waals surface area contributed by atoms with Gasteiger partial charge in [0, 0.05) is 41.1 Å². The molecule has 4 rings (SSSR count). The first kappa shape index (κ1) is 15.5. The Labute approximate surface area is 146 Å². The molecule has 0 spiro atoms. The van der Waals surface area contributed by atoms with E-state index in [1.807, 2.05) is 5.38 Å². The van der Waals surface area contributed by atoms with Crippen molar-refractivity contribution >= 4 is 46.1 Å². The lowest BCUT2D eigenvalue weighted by Crippen LogP contribution is -2.49. The topological polar surface area (TPSA) is 107 Å². The van der Waals surface area contributed by atoms with Crippen molar-refractivity contribution in [1.29, 1.82) is 0 Å². The maximum absolute atomic E-state index is 11.6. The number of nitrogens with one attached hydrogen (secondary N) is 2. The zero-order chi connectivity index (χ0) is 16.7. The van der Waals surface area contributed by atoms with Crippen LogP contribution in [0.15, 0.2) is 27.2 Å². The second-order valence-corrected chi connectivity index (χ2v) is 7.96. The van der Waals surface area contributed by atoms with Crippen LogP contribution in [-0.2, 0) is 9.59 Å². The average molecular weight is 365 g/mol. The number of carbonyl (C=O) groups is 2. The molecule has 3 aliphatic rings. The summed E-state index contributed by atoms with van der Waals surface area (Å²) in [5.74, 6) is -0.436. The Morgan fingerprint density at radius 2 is 2.38 bits per heavy atom. The average Bonchev–Trinajstić information content (AvgIpc) is 3.15. The van der Waals surface area contributed by atoms with Gasteiger partial charge in [-0.3, -0.25) is 9.79 Å². The minimum absolute atomic E-state index is 0.0354. The molecule has 1 fully saturated rings. The summed E-state index contributed by atoms with van der Waals surface area (Å²) in [6.07, 6.45) is 2.81. The predicted octanol–water partition coefficient (Wildman–Crippen LogP) is 0.917. The van der Waals surface area contributed by atoms with Gasteiger partial charge in [0.2, 0.25) is 5.91 Å². The van der Waals surface area contributed by atoms with Crippen LogP contribution in [0, 0.1) is 0 Å². The van der Waals surface area contributed by atoms with Crippen molar-refractivity contribution in [2.75, 3.05) is 18.4 Å². The van der Waals surface area contributed by atoms with Crippen LogP contribution < -0.4 is 10.6 Å². The maximum Gasteiger partial charge on any atom is 0.353 e. The molecule has 1 aromatic heterocycles. The fourth-order valence-corrected chi connectivity index (χ4v) is 4.83. The summed E-state index contributed by atoms with van der Waals surface area (Å²) in [4.78, 5) is 33.9.